The SMILES string of the molecule is CCn1cnnc1C1CN(C(=O)c2ccc(Br)o2)CC12CCCC2. The summed E-state index contributed by atoms with van der Waals surface area (Å²) in [6.07, 6.45) is 6.56. The van der Waals surface area contributed by atoms with Gasteiger partial charge in [0.1, 0.15) is 12.2 Å². The number of aromatic nitrogens is 3. The summed E-state index contributed by atoms with van der Waals surface area (Å²) in [5, 5.41) is 8.51. The Kier molecular flexibility index (Phi) is 3.98. The first-order valence-electron chi connectivity index (χ1n) is 8.55. The van der Waals surface area contributed by atoms with Crippen molar-refractivity contribution in [1.82, 2.24) is 19.7 Å². The van der Waals surface area contributed by atoms with Gasteiger partial charge >= 0.3 is 0 Å². The van der Waals surface area contributed by atoms with Crippen LogP contribution < -0.4 is 0 Å². The van der Waals surface area contributed by atoms with Crippen molar-refractivity contribution >= 4 is 21.8 Å². The number of rotatable bonds is 3. The molecule has 2 aromatic heterocycles. The maximum Gasteiger partial charge on any atom is 0.289 e. The van der Waals surface area contributed by atoms with E-state index in [1.54, 1.807) is 18.5 Å². The van der Waals surface area contributed by atoms with Crippen LogP contribution >= 0.6 is 15.9 Å². The molecule has 1 aliphatic heterocycles. The second-order valence-electron chi connectivity index (χ2n) is 6.89. The molecule has 24 heavy (non-hydrogen) atoms. The van der Waals surface area contributed by atoms with Gasteiger partial charge in [-0.1, -0.05) is 12.8 Å². The molecule has 128 valence electrons. The predicted molar refractivity (Wildman–Crippen MR) is 91.6 cm³/mol. The number of aryl methyl sites for hydroxylation is 1. The van der Waals surface area contributed by atoms with Crippen LogP contribution in [0.3, 0.4) is 0 Å². The van der Waals surface area contributed by atoms with Crippen LogP contribution in [-0.4, -0.2) is 38.7 Å². The molecule has 1 aliphatic carbocycles. The Hall–Kier alpha value is -1.63. The minimum absolute atomic E-state index is 0.0305. The van der Waals surface area contributed by atoms with Crippen molar-refractivity contribution in [2.45, 2.75) is 45.1 Å². The van der Waals surface area contributed by atoms with Gasteiger partial charge in [-0.05, 0) is 53.2 Å². The number of hydrogen-bond acceptors (Lipinski definition) is 4. The fraction of sp³-hybridized carbons (Fsp3) is 0.588. The summed E-state index contributed by atoms with van der Waals surface area (Å²) >= 11 is 3.27. The van der Waals surface area contributed by atoms with Gasteiger partial charge < -0.3 is 13.9 Å². The molecule has 4 rings (SSSR count). The van der Waals surface area contributed by atoms with Gasteiger partial charge in [-0.3, -0.25) is 4.79 Å². The molecule has 1 atom stereocenters. The van der Waals surface area contributed by atoms with E-state index < -0.39 is 0 Å². The summed E-state index contributed by atoms with van der Waals surface area (Å²) in [6, 6.07) is 3.50. The molecule has 0 aromatic carbocycles. The third-order valence-corrected chi connectivity index (χ3v) is 6.04. The van der Waals surface area contributed by atoms with Crippen molar-refractivity contribution in [2.75, 3.05) is 13.1 Å². The summed E-state index contributed by atoms with van der Waals surface area (Å²) < 4.78 is 8.17. The lowest BCUT2D eigenvalue weighted by atomic mass is 9.76. The molecule has 1 saturated carbocycles. The van der Waals surface area contributed by atoms with E-state index in [9.17, 15) is 4.79 Å². The third kappa shape index (κ3) is 2.49. The summed E-state index contributed by atoms with van der Waals surface area (Å²) in [4.78, 5) is 14.8. The van der Waals surface area contributed by atoms with Crippen LogP contribution in [0.5, 0.6) is 0 Å². The van der Waals surface area contributed by atoms with Gasteiger partial charge in [-0.2, -0.15) is 0 Å². The summed E-state index contributed by atoms with van der Waals surface area (Å²) in [5.41, 5.74) is 0.138. The Morgan fingerprint density at radius 2 is 2.21 bits per heavy atom. The molecule has 0 N–H and O–H groups in total. The highest BCUT2D eigenvalue weighted by atomic mass is 79.9. The second kappa shape index (κ2) is 6.02. The van der Waals surface area contributed by atoms with Gasteiger partial charge in [0.2, 0.25) is 0 Å². The number of carbonyl (C=O) groups excluding carboxylic acids is 1. The lowest BCUT2D eigenvalue weighted by molar-refractivity contribution is 0.0740. The third-order valence-electron chi connectivity index (χ3n) is 5.62. The molecule has 2 fully saturated rings. The molecule has 1 saturated heterocycles. The van der Waals surface area contributed by atoms with Crippen LogP contribution in [0.1, 0.15) is 54.9 Å². The minimum atomic E-state index is -0.0305. The largest absolute Gasteiger partial charge is 0.444 e. The van der Waals surface area contributed by atoms with Crippen molar-refractivity contribution in [1.29, 1.82) is 0 Å². The molecule has 0 radical (unpaired) electrons. The van der Waals surface area contributed by atoms with Gasteiger partial charge in [0.05, 0.1) is 0 Å². The second-order valence-corrected chi connectivity index (χ2v) is 7.67. The fourth-order valence-electron chi connectivity index (χ4n) is 4.43. The lowest BCUT2D eigenvalue weighted by Gasteiger charge is -2.29. The topological polar surface area (TPSA) is 64.2 Å². The van der Waals surface area contributed by atoms with E-state index in [-0.39, 0.29) is 17.2 Å². The van der Waals surface area contributed by atoms with E-state index in [1.807, 2.05) is 4.90 Å². The standard InChI is InChI=1S/C17H21BrN4O2/c1-2-21-11-19-20-15(21)12-9-22(10-17(12)7-3-4-8-17)16(23)13-5-6-14(18)24-13/h5-6,11-12H,2-4,7-10H2,1H3. The van der Waals surface area contributed by atoms with Crippen LogP contribution in [0.2, 0.25) is 0 Å². The van der Waals surface area contributed by atoms with E-state index in [0.717, 1.165) is 31.8 Å². The number of amides is 1. The number of likely N-dealkylation sites (tertiary alicyclic amines) is 1. The number of hydrogen-bond donors (Lipinski definition) is 0. The fourth-order valence-corrected chi connectivity index (χ4v) is 4.73. The lowest BCUT2D eigenvalue weighted by Crippen LogP contribution is -2.31. The van der Waals surface area contributed by atoms with Gasteiger partial charge in [0.15, 0.2) is 10.4 Å². The summed E-state index contributed by atoms with van der Waals surface area (Å²) in [6.45, 7) is 4.43. The Morgan fingerprint density at radius 3 is 2.88 bits per heavy atom. The Balaban J connectivity index is 1.65. The number of nitrogens with zero attached hydrogens (tertiary/aromatic N) is 4. The van der Waals surface area contributed by atoms with Crippen LogP contribution in [0.15, 0.2) is 27.5 Å². The first-order chi connectivity index (χ1) is 11.6. The highest BCUT2D eigenvalue weighted by Gasteiger charge is 2.51. The quantitative estimate of drug-likeness (QED) is 0.801. The Labute approximate surface area is 149 Å². The van der Waals surface area contributed by atoms with Crippen LogP contribution in [0.25, 0.3) is 0 Å². The normalized spacial score (nSPS) is 22.6. The highest BCUT2D eigenvalue weighted by molar-refractivity contribution is 9.10. The maximum absolute atomic E-state index is 12.8. The number of furan rings is 1. The van der Waals surface area contributed by atoms with E-state index in [4.69, 9.17) is 4.42 Å². The average molecular weight is 393 g/mol. The predicted octanol–water partition coefficient (Wildman–Crippen LogP) is 3.45. The van der Waals surface area contributed by atoms with Crippen molar-refractivity contribution < 1.29 is 9.21 Å². The summed E-state index contributed by atoms with van der Waals surface area (Å²) in [5.74, 6) is 1.64. The minimum Gasteiger partial charge on any atom is -0.444 e. The molecular weight excluding hydrogens is 372 g/mol. The van der Waals surface area contributed by atoms with Crippen LogP contribution in [0, 0.1) is 5.41 Å². The number of carbonyl (C=O) groups is 1. The molecule has 2 aromatic rings. The van der Waals surface area contributed by atoms with E-state index in [2.05, 4.69) is 37.6 Å². The molecule has 1 amide bonds. The monoisotopic (exact) mass is 392 g/mol. The molecule has 6 nitrogen and oxygen atoms in total. The summed E-state index contributed by atoms with van der Waals surface area (Å²) in [7, 11) is 0. The Bertz CT molecular complexity index is 747. The molecule has 1 spiro atoms. The zero-order valence-electron chi connectivity index (χ0n) is 13.7. The first kappa shape index (κ1) is 15.9. The van der Waals surface area contributed by atoms with E-state index in [0.29, 0.717) is 17.0 Å². The van der Waals surface area contributed by atoms with Crippen molar-refractivity contribution in [3.63, 3.8) is 0 Å². The molecule has 1 unspecified atom stereocenters. The molecule has 0 bridgehead atoms. The van der Waals surface area contributed by atoms with Crippen molar-refractivity contribution in [3.8, 4) is 0 Å². The van der Waals surface area contributed by atoms with E-state index in [1.165, 1.54) is 12.8 Å². The molecular formula is C17H21BrN4O2. The highest BCUT2D eigenvalue weighted by Crippen LogP contribution is 2.53. The van der Waals surface area contributed by atoms with Crippen LogP contribution in [0.4, 0.5) is 0 Å². The number of halogens is 1. The molecule has 3 heterocycles. The average Bonchev–Trinajstić information content (AvgIpc) is 3.34. The molecule has 2 aliphatic rings. The van der Waals surface area contributed by atoms with Crippen molar-refractivity contribution in [3.05, 3.63) is 34.7 Å². The zero-order valence-corrected chi connectivity index (χ0v) is 15.3. The van der Waals surface area contributed by atoms with Crippen molar-refractivity contribution in [2.24, 2.45) is 5.41 Å². The molecule has 7 heteroatoms. The zero-order chi connectivity index (χ0) is 16.7. The Morgan fingerprint density at radius 1 is 1.42 bits per heavy atom. The van der Waals surface area contributed by atoms with Crippen LogP contribution in [-0.2, 0) is 6.54 Å². The van der Waals surface area contributed by atoms with E-state index >= 15 is 0 Å². The smallest absolute Gasteiger partial charge is 0.289 e. The first-order valence-corrected chi connectivity index (χ1v) is 9.34. The maximum atomic E-state index is 12.8. The van der Waals surface area contributed by atoms with Gasteiger partial charge in [-0.25, -0.2) is 0 Å². The van der Waals surface area contributed by atoms with Gasteiger partial charge in [-0.15, -0.1) is 10.2 Å². The van der Waals surface area contributed by atoms with Gasteiger partial charge in [0, 0.05) is 25.6 Å². The van der Waals surface area contributed by atoms with Gasteiger partial charge in [0.25, 0.3) is 5.91 Å².